The van der Waals surface area contributed by atoms with Crippen LogP contribution in [0, 0.1) is 0 Å². The number of morpholine rings is 1. The van der Waals surface area contributed by atoms with E-state index in [-0.39, 0.29) is 0 Å². The van der Waals surface area contributed by atoms with Crippen LogP contribution in [0.2, 0.25) is 0 Å². The van der Waals surface area contributed by atoms with Crippen LogP contribution in [0.25, 0.3) is 0 Å². The second kappa shape index (κ2) is 8.90. The van der Waals surface area contributed by atoms with Gasteiger partial charge in [-0.1, -0.05) is 26.2 Å². The summed E-state index contributed by atoms with van der Waals surface area (Å²) in [5, 5.41) is 7.20. The summed E-state index contributed by atoms with van der Waals surface area (Å²) in [4.78, 5) is 0. The minimum atomic E-state index is 0.536. The normalized spacial score (nSPS) is 24.5. The number of unbranched alkanes of at least 4 members (excludes halogenated alkanes) is 2. The van der Waals surface area contributed by atoms with Crippen LogP contribution in [0.4, 0.5) is 0 Å². The Morgan fingerprint density at radius 1 is 1.29 bits per heavy atom. The number of ether oxygens (including phenoxy) is 1. The molecular formula is C14H30N2O. The van der Waals surface area contributed by atoms with Crippen molar-refractivity contribution in [2.45, 2.75) is 71.0 Å². The van der Waals surface area contributed by atoms with E-state index < -0.39 is 0 Å². The fourth-order valence-electron chi connectivity index (χ4n) is 2.54. The van der Waals surface area contributed by atoms with Gasteiger partial charge in [-0.15, -0.1) is 0 Å². The molecule has 17 heavy (non-hydrogen) atoms. The van der Waals surface area contributed by atoms with Crippen molar-refractivity contribution in [3.8, 4) is 0 Å². The van der Waals surface area contributed by atoms with Crippen LogP contribution in [0.5, 0.6) is 0 Å². The molecule has 0 radical (unpaired) electrons. The van der Waals surface area contributed by atoms with Crippen molar-refractivity contribution in [1.29, 1.82) is 0 Å². The highest BCUT2D eigenvalue weighted by Gasteiger charge is 2.16. The van der Waals surface area contributed by atoms with Crippen molar-refractivity contribution in [1.82, 2.24) is 10.6 Å². The molecule has 0 aliphatic carbocycles. The van der Waals surface area contributed by atoms with Crippen molar-refractivity contribution < 1.29 is 4.74 Å². The third-order valence-electron chi connectivity index (χ3n) is 3.45. The monoisotopic (exact) mass is 242 g/mol. The van der Waals surface area contributed by atoms with E-state index in [0.29, 0.717) is 18.1 Å². The molecule has 1 saturated heterocycles. The van der Waals surface area contributed by atoms with Crippen molar-refractivity contribution in [2.75, 3.05) is 19.8 Å². The van der Waals surface area contributed by atoms with Gasteiger partial charge in [0, 0.05) is 24.7 Å². The van der Waals surface area contributed by atoms with Gasteiger partial charge >= 0.3 is 0 Å². The maximum atomic E-state index is 5.48. The van der Waals surface area contributed by atoms with E-state index in [9.17, 15) is 0 Å². The van der Waals surface area contributed by atoms with Crippen molar-refractivity contribution in [3.05, 3.63) is 0 Å². The molecule has 0 aromatic carbocycles. The van der Waals surface area contributed by atoms with Gasteiger partial charge in [-0.05, 0) is 26.7 Å². The summed E-state index contributed by atoms with van der Waals surface area (Å²) in [6.07, 6.45) is 6.48. The van der Waals surface area contributed by atoms with Crippen LogP contribution in [0.15, 0.2) is 0 Å². The zero-order valence-corrected chi connectivity index (χ0v) is 11.8. The van der Waals surface area contributed by atoms with E-state index in [1.165, 1.54) is 25.7 Å². The molecule has 0 aromatic heterocycles. The van der Waals surface area contributed by atoms with Crippen LogP contribution < -0.4 is 10.6 Å². The Bertz CT molecular complexity index is 181. The van der Waals surface area contributed by atoms with E-state index in [2.05, 4.69) is 31.4 Å². The van der Waals surface area contributed by atoms with Crippen LogP contribution in [0.1, 0.15) is 52.9 Å². The molecule has 3 heteroatoms. The van der Waals surface area contributed by atoms with Gasteiger partial charge in [0.25, 0.3) is 0 Å². The Labute approximate surface area is 107 Å². The predicted octanol–water partition coefficient (Wildman–Crippen LogP) is 2.31. The van der Waals surface area contributed by atoms with E-state index in [1.54, 1.807) is 0 Å². The first kappa shape index (κ1) is 14.9. The van der Waals surface area contributed by atoms with Crippen molar-refractivity contribution >= 4 is 0 Å². The molecule has 1 aliphatic heterocycles. The number of nitrogens with one attached hydrogen (secondary N) is 2. The summed E-state index contributed by atoms with van der Waals surface area (Å²) in [7, 11) is 0. The van der Waals surface area contributed by atoms with Crippen LogP contribution in [-0.4, -0.2) is 37.9 Å². The molecule has 3 atom stereocenters. The van der Waals surface area contributed by atoms with Crippen LogP contribution in [0.3, 0.4) is 0 Å². The summed E-state index contributed by atoms with van der Waals surface area (Å²) >= 11 is 0. The van der Waals surface area contributed by atoms with Gasteiger partial charge in [0.05, 0.1) is 13.2 Å². The van der Waals surface area contributed by atoms with Crippen LogP contribution in [-0.2, 0) is 4.74 Å². The zero-order valence-electron chi connectivity index (χ0n) is 11.8. The average Bonchev–Trinajstić information content (AvgIpc) is 2.30. The second-order valence-electron chi connectivity index (χ2n) is 5.43. The third kappa shape index (κ3) is 7.02. The first-order valence-corrected chi connectivity index (χ1v) is 7.29. The zero-order chi connectivity index (χ0) is 12.5. The molecular weight excluding hydrogens is 212 g/mol. The summed E-state index contributed by atoms with van der Waals surface area (Å²) in [6.45, 7) is 9.59. The van der Waals surface area contributed by atoms with Gasteiger partial charge in [0.15, 0.2) is 0 Å². The Morgan fingerprint density at radius 2 is 2.12 bits per heavy atom. The molecule has 1 heterocycles. The maximum Gasteiger partial charge on any atom is 0.0620 e. The Kier molecular flexibility index (Phi) is 7.82. The van der Waals surface area contributed by atoms with E-state index in [1.807, 2.05) is 0 Å². The van der Waals surface area contributed by atoms with Crippen molar-refractivity contribution in [2.24, 2.45) is 0 Å². The molecule has 0 saturated carbocycles. The molecule has 2 N–H and O–H groups in total. The van der Waals surface area contributed by atoms with Gasteiger partial charge in [-0.2, -0.15) is 0 Å². The molecule has 1 aliphatic rings. The first-order valence-electron chi connectivity index (χ1n) is 7.29. The lowest BCUT2D eigenvalue weighted by atomic mass is 10.1. The fraction of sp³-hybridized carbons (Fsp3) is 1.00. The second-order valence-corrected chi connectivity index (χ2v) is 5.43. The number of hydrogen-bond donors (Lipinski definition) is 2. The maximum absolute atomic E-state index is 5.48. The number of hydrogen-bond acceptors (Lipinski definition) is 3. The standard InChI is InChI=1S/C14H30N2O/c1-4-5-6-7-12(2)16-13(3)10-14-11-17-9-8-15-14/h12-16H,4-11H2,1-3H3. The fourth-order valence-corrected chi connectivity index (χ4v) is 2.54. The lowest BCUT2D eigenvalue weighted by molar-refractivity contribution is 0.0708. The molecule has 3 unspecified atom stereocenters. The highest BCUT2D eigenvalue weighted by Crippen LogP contribution is 2.07. The summed E-state index contributed by atoms with van der Waals surface area (Å²) < 4.78 is 5.48. The minimum absolute atomic E-state index is 0.536. The topological polar surface area (TPSA) is 33.3 Å². The summed E-state index contributed by atoms with van der Waals surface area (Å²) in [5.41, 5.74) is 0. The van der Waals surface area contributed by atoms with Crippen molar-refractivity contribution in [3.63, 3.8) is 0 Å². The minimum Gasteiger partial charge on any atom is -0.379 e. The lowest BCUT2D eigenvalue weighted by Gasteiger charge is -2.28. The SMILES string of the molecule is CCCCCC(C)NC(C)CC1COCCN1. The Balaban J connectivity index is 2.07. The molecule has 3 nitrogen and oxygen atoms in total. The van der Waals surface area contributed by atoms with Gasteiger partial charge in [0.1, 0.15) is 0 Å². The first-order chi connectivity index (χ1) is 8.22. The predicted molar refractivity (Wildman–Crippen MR) is 73.4 cm³/mol. The van der Waals surface area contributed by atoms with E-state index >= 15 is 0 Å². The Morgan fingerprint density at radius 3 is 2.76 bits per heavy atom. The molecule has 1 rings (SSSR count). The summed E-state index contributed by atoms with van der Waals surface area (Å²) in [5.74, 6) is 0. The van der Waals surface area contributed by atoms with E-state index in [4.69, 9.17) is 4.74 Å². The molecule has 1 fully saturated rings. The molecule has 0 bridgehead atoms. The van der Waals surface area contributed by atoms with Gasteiger partial charge < -0.3 is 15.4 Å². The third-order valence-corrected chi connectivity index (χ3v) is 3.45. The Hall–Kier alpha value is -0.120. The summed E-state index contributed by atoms with van der Waals surface area (Å²) in [6, 6.07) is 1.75. The highest BCUT2D eigenvalue weighted by atomic mass is 16.5. The average molecular weight is 242 g/mol. The highest BCUT2D eigenvalue weighted by molar-refractivity contribution is 4.77. The lowest BCUT2D eigenvalue weighted by Crippen LogP contribution is -2.46. The molecule has 0 spiro atoms. The quantitative estimate of drug-likeness (QED) is 0.641. The molecule has 0 aromatic rings. The van der Waals surface area contributed by atoms with E-state index in [0.717, 1.165) is 26.2 Å². The van der Waals surface area contributed by atoms with Gasteiger partial charge in [-0.25, -0.2) is 0 Å². The van der Waals surface area contributed by atoms with Gasteiger partial charge in [-0.3, -0.25) is 0 Å². The van der Waals surface area contributed by atoms with Gasteiger partial charge in [0.2, 0.25) is 0 Å². The number of rotatable bonds is 8. The molecule has 0 amide bonds. The smallest absolute Gasteiger partial charge is 0.0620 e. The molecule has 102 valence electrons. The van der Waals surface area contributed by atoms with Crippen LogP contribution >= 0.6 is 0 Å². The largest absolute Gasteiger partial charge is 0.379 e.